The Kier molecular flexibility index (Phi) is 4.54. The summed E-state index contributed by atoms with van der Waals surface area (Å²) in [6, 6.07) is 8.69. The van der Waals surface area contributed by atoms with E-state index >= 15 is 0 Å². The summed E-state index contributed by atoms with van der Waals surface area (Å²) >= 11 is 0. The van der Waals surface area contributed by atoms with Crippen LogP contribution >= 0.6 is 0 Å². The van der Waals surface area contributed by atoms with E-state index in [1.54, 1.807) is 24.3 Å². The van der Waals surface area contributed by atoms with Crippen LogP contribution in [0.15, 0.2) is 35.2 Å². The molecule has 3 heteroatoms. The molecule has 1 unspecified atom stereocenters. The number of hydrogen-bond donors (Lipinski definition) is 0. The lowest BCUT2D eigenvalue weighted by Crippen LogP contribution is -2.15. The van der Waals surface area contributed by atoms with E-state index in [0.29, 0.717) is 10.8 Å². The van der Waals surface area contributed by atoms with Crippen LogP contribution in [0, 0.1) is 11.8 Å². The summed E-state index contributed by atoms with van der Waals surface area (Å²) in [7, 11) is -3.11. The van der Waals surface area contributed by atoms with Gasteiger partial charge in [0, 0.05) is 0 Å². The van der Waals surface area contributed by atoms with Crippen LogP contribution in [0.2, 0.25) is 0 Å². The van der Waals surface area contributed by atoms with Crippen molar-refractivity contribution in [2.45, 2.75) is 32.1 Å². The molecule has 0 heterocycles. The Labute approximate surface area is 98.6 Å². The average molecular weight is 240 g/mol. The zero-order valence-corrected chi connectivity index (χ0v) is 11.0. The first-order chi connectivity index (χ1) is 7.42. The second kappa shape index (κ2) is 5.48. The molecule has 1 rings (SSSR count). The predicted molar refractivity (Wildman–Crippen MR) is 67.1 cm³/mol. The number of hydrogen-bond acceptors (Lipinski definition) is 2. The van der Waals surface area contributed by atoms with Crippen LogP contribution in [0.4, 0.5) is 0 Å². The molecule has 0 aliphatic rings. The fourth-order valence-electron chi connectivity index (χ4n) is 1.97. The quantitative estimate of drug-likeness (QED) is 0.792. The fraction of sp³-hybridized carbons (Fsp3) is 0.538. The van der Waals surface area contributed by atoms with Crippen LogP contribution in [0.5, 0.6) is 0 Å². The highest BCUT2D eigenvalue weighted by Gasteiger charge is 2.18. The molecule has 0 aliphatic carbocycles. The molecular formula is C13H20O2S. The second-order valence-electron chi connectivity index (χ2n) is 4.83. The molecule has 0 fully saturated rings. The summed E-state index contributed by atoms with van der Waals surface area (Å²) in [6.07, 6.45) is 0.950. The standard InChI is InChI=1S/C13H20O2S/c1-11(2)9-12(3)10-16(14,15)13-7-5-4-6-8-13/h4-8,11-12H,9-10H2,1-3H3. The first kappa shape index (κ1) is 13.2. The molecule has 0 amide bonds. The maximum atomic E-state index is 12.0. The molecule has 0 saturated carbocycles. The molecule has 1 aromatic rings. The number of rotatable bonds is 5. The topological polar surface area (TPSA) is 34.1 Å². The molecule has 0 N–H and O–H groups in total. The maximum Gasteiger partial charge on any atom is 0.178 e. The summed E-state index contributed by atoms with van der Waals surface area (Å²) < 4.78 is 24.0. The van der Waals surface area contributed by atoms with E-state index in [0.717, 1.165) is 6.42 Å². The van der Waals surface area contributed by atoms with Crippen molar-refractivity contribution in [3.8, 4) is 0 Å². The van der Waals surface area contributed by atoms with Gasteiger partial charge >= 0.3 is 0 Å². The van der Waals surface area contributed by atoms with Gasteiger partial charge in [0.05, 0.1) is 10.6 Å². The van der Waals surface area contributed by atoms with Gasteiger partial charge in [-0.15, -0.1) is 0 Å². The van der Waals surface area contributed by atoms with Crippen molar-refractivity contribution in [1.29, 1.82) is 0 Å². The zero-order chi connectivity index (χ0) is 12.2. The molecule has 16 heavy (non-hydrogen) atoms. The molecule has 0 saturated heterocycles. The van der Waals surface area contributed by atoms with Gasteiger partial charge < -0.3 is 0 Å². The first-order valence-electron chi connectivity index (χ1n) is 5.69. The molecular weight excluding hydrogens is 220 g/mol. The van der Waals surface area contributed by atoms with Crippen molar-refractivity contribution < 1.29 is 8.42 Å². The molecule has 90 valence electrons. The Bertz CT molecular complexity index is 407. The zero-order valence-electron chi connectivity index (χ0n) is 10.2. The van der Waals surface area contributed by atoms with E-state index in [9.17, 15) is 8.42 Å². The van der Waals surface area contributed by atoms with Crippen molar-refractivity contribution in [3.63, 3.8) is 0 Å². The summed E-state index contributed by atoms with van der Waals surface area (Å²) in [5.74, 6) is 1.00. The van der Waals surface area contributed by atoms with E-state index in [1.807, 2.05) is 13.0 Å². The Hall–Kier alpha value is -0.830. The van der Waals surface area contributed by atoms with Gasteiger partial charge in [0.2, 0.25) is 0 Å². The summed E-state index contributed by atoms with van der Waals surface area (Å²) in [4.78, 5) is 0.436. The first-order valence-corrected chi connectivity index (χ1v) is 7.35. The third kappa shape index (κ3) is 3.97. The summed E-state index contributed by atoms with van der Waals surface area (Å²) in [5, 5.41) is 0. The van der Waals surface area contributed by atoms with Crippen molar-refractivity contribution in [2.75, 3.05) is 5.75 Å². The van der Waals surface area contributed by atoms with Crippen LogP contribution in [-0.2, 0) is 9.84 Å². The Morgan fingerprint density at radius 3 is 2.12 bits per heavy atom. The SMILES string of the molecule is CC(C)CC(C)CS(=O)(=O)c1ccccc1. The van der Waals surface area contributed by atoms with Crippen molar-refractivity contribution in [1.82, 2.24) is 0 Å². The largest absolute Gasteiger partial charge is 0.224 e. The molecule has 0 radical (unpaired) electrons. The van der Waals surface area contributed by atoms with Gasteiger partial charge in [0.1, 0.15) is 0 Å². The lowest BCUT2D eigenvalue weighted by molar-refractivity contribution is 0.465. The lowest BCUT2D eigenvalue weighted by Gasteiger charge is -2.14. The maximum absolute atomic E-state index is 12.0. The number of sulfone groups is 1. The van der Waals surface area contributed by atoms with Crippen molar-refractivity contribution in [2.24, 2.45) is 11.8 Å². The van der Waals surface area contributed by atoms with E-state index in [-0.39, 0.29) is 11.7 Å². The molecule has 1 atom stereocenters. The molecule has 0 aliphatic heterocycles. The summed E-state index contributed by atoms with van der Waals surface area (Å²) in [5.41, 5.74) is 0. The van der Waals surface area contributed by atoms with Crippen LogP contribution in [0.3, 0.4) is 0 Å². The van der Waals surface area contributed by atoms with Crippen molar-refractivity contribution >= 4 is 9.84 Å². The van der Waals surface area contributed by atoms with Gasteiger partial charge in [-0.3, -0.25) is 0 Å². The highest BCUT2D eigenvalue weighted by Crippen LogP contribution is 2.18. The van der Waals surface area contributed by atoms with Gasteiger partial charge in [-0.1, -0.05) is 39.0 Å². The van der Waals surface area contributed by atoms with Gasteiger partial charge in [0.15, 0.2) is 9.84 Å². The van der Waals surface area contributed by atoms with Crippen LogP contribution in [0.25, 0.3) is 0 Å². The Morgan fingerprint density at radius 2 is 1.62 bits per heavy atom. The molecule has 2 nitrogen and oxygen atoms in total. The molecule has 0 spiro atoms. The molecule has 1 aromatic carbocycles. The highest BCUT2D eigenvalue weighted by atomic mass is 32.2. The molecule has 0 aromatic heterocycles. The van der Waals surface area contributed by atoms with Gasteiger partial charge in [-0.25, -0.2) is 8.42 Å². The van der Waals surface area contributed by atoms with Crippen LogP contribution in [-0.4, -0.2) is 14.2 Å². The molecule has 0 bridgehead atoms. The van der Waals surface area contributed by atoms with E-state index in [2.05, 4.69) is 13.8 Å². The van der Waals surface area contributed by atoms with Gasteiger partial charge in [-0.05, 0) is 30.4 Å². The minimum absolute atomic E-state index is 0.213. The number of benzene rings is 1. The van der Waals surface area contributed by atoms with Crippen LogP contribution < -0.4 is 0 Å². The fourth-order valence-corrected chi connectivity index (χ4v) is 3.62. The third-order valence-corrected chi connectivity index (χ3v) is 4.48. The Balaban J connectivity index is 2.73. The smallest absolute Gasteiger partial charge is 0.178 e. The predicted octanol–water partition coefficient (Wildman–Crippen LogP) is 3.14. The highest BCUT2D eigenvalue weighted by molar-refractivity contribution is 7.91. The normalized spacial score (nSPS) is 14.0. The minimum atomic E-state index is -3.11. The summed E-state index contributed by atoms with van der Waals surface area (Å²) in [6.45, 7) is 6.23. The van der Waals surface area contributed by atoms with Crippen molar-refractivity contribution in [3.05, 3.63) is 30.3 Å². The van der Waals surface area contributed by atoms with E-state index in [1.165, 1.54) is 0 Å². The third-order valence-electron chi connectivity index (χ3n) is 2.48. The Morgan fingerprint density at radius 1 is 1.06 bits per heavy atom. The van der Waals surface area contributed by atoms with Gasteiger partial charge in [0.25, 0.3) is 0 Å². The van der Waals surface area contributed by atoms with Gasteiger partial charge in [-0.2, -0.15) is 0 Å². The second-order valence-corrected chi connectivity index (χ2v) is 6.86. The lowest BCUT2D eigenvalue weighted by atomic mass is 10.0. The minimum Gasteiger partial charge on any atom is -0.224 e. The van der Waals surface area contributed by atoms with E-state index < -0.39 is 9.84 Å². The van der Waals surface area contributed by atoms with Crippen LogP contribution in [0.1, 0.15) is 27.2 Å². The monoisotopic (exact) mass is 240 g/mol. The average Bonchev–Trinajstić information content (AvgIpc) is 2.16. The van der Waals surface area contributed by atoms with E-state index in [4.69, 9.17) is 0 Å².